The van der Waals surface area contributed by atoms with Gasteiger partial charge in [-0.2, -0.15) is 0 Å². The van der Waals surface area contributed by atoms with Crippen LogP contribution in [0.25, 0.3) is 11.2 Å². The molecule has 0 bridgehead atoms. The standard InChI is InChI=1S/C14H13FN4O2/c1-18-12-11(5-6-17-13(12)19(2)14(18)20)21-8-3-4-10(16)9(15)7-8/h3-7H,16H2,1-2H3. The summed E-state index contributed by atoms with van der Waals surface area (Å²) in [4.78, 5) is 16.1. The summed E-state index contributed by atoms with van der Waals surface area (Å²) in [6, 6.07) is 5.80. The van der Waals surface area contributed by atoms with Gasteiger partial charge in [0.2, 0.25) is 0 Å². The van der Waals surface area contributed by atoms with E-state index in [1.165, 1.54) is 27.5 Å². The lowest BCUT2D eigenvalue weighted by atomic mass is 10.3. The monoisotopic (exact) mass is 288 g/mol. The minimum Gasteiger partial charge on any atom is -0.455 e. The molecule has 3 aromatic rings. The van der Waals surface area contributed by atoms with Gasteiger partial charge in [0.25, 0.3) is 0 Å². The van der Waals surface area contributed by atoms with Gasteiger partial charge in [-0.15, -0.1) is 0 Å². The van der Waals surface area contributed by atoms with Crippen molar-refractivity contribution in [1.82, 2.24) is 14.1 Å². The summed E-state index contributed by atoms with van der Waals surface area (Å²) in [5, 5.41) is 0. The van der Waals surface area contributed by atoms with Gasteiger partial charge in [0.1, 0.15) is 17.1 Å². The summed E-state index contributed by atoms with van der Waals surface area (Å²) in [7, 11) is 3.26. The number of halogens is 1. The molecule has 0 radical (unpaired) electrons. The first-order chi connectivity index (χ1) is 9.99. The zero-order valence-corrected chi connectivity index (χ0v) is 11.5. The van der Waals surface area contributed by atoms with Crippen LogP contribution in [0.5, 0.6) is 11.5 Å². The van der Waals surface area contributed by atoms with Crippen LogP contribution in [0.15, 0.2) is 35.3 Å². The molecule has 2 aromatic heterocycles. The largest absolute Gasteiger partial charge is 0.455 e. The topological polar surface area (TPSA) is 75.1 Å². The van der Waals surface area contributed by atoms with Crippen LogP contribution in [-0.2, 0) is 14.1 Å². The zero-order valence-electron chi connectivity index (χ0n) is 11.5. The van der Waals surface area contributed by atoms with Crippen LogP contribution < -0.4 is 16.2 Å². The summed E-state index contributed by atoms with van der Waals surface area (Å²) in [5.41, 5.74) is 6.31. The minimum absolute atomic E-state index is 0.0503. The number of benzene rings is 1. The lowest BCUT2D eigenvalue weighted by Crippen LogP contribution is -2.19. The van der Waals surface area contributed by atoms with Crippen LogP contribution in [0.2, 0.25) is 0 Å². The number of fused-ring (bicyclic) bond motifs is 1. The Hall–Kier alpha value is -2.83. The number of hydrogen-bond donors (Lipinski definition) is 1. The third-order valence-electron chi connectivity index (χ3n) is 3.29. The number of hydrogen-bond acceptors (Lipinski definition) is 4. The van der Waals surface area contributed by atoms with Gasteiger partial charge in [-0.25, -0.2) is 14.2 Å². The van der Waals surface area contributed by atoms with E-state index in [9.17, 15) is 9.18 Å². The van der Waals surface area contributed by atoms with E-state index in [0.717, 1.165) is 0 Å². The zero-order chi connectivity index (χ0) is 15.1. The first-order valence-corrected chi connectivity index (χ1v) is 6.22. The Balaban J connectivity index is 2.15. The third-order valence-corrected chi connectivity index (χ3v) is 3.29. The second-order valence-electron chi connectivity index (χ2n) is 4.67. The van der Waals surface area contributed by atoms with Crippen molar-refractivity contribution in [2.45, 2.75) is 0 Å². The minimum atomic E-state index is -0.556. The third kappa shape index (κ3) is 2.03. The number of aryl methyl sites for hydroxylation is 2. The average Bonchev–Trinajstić information content (AvgIpc) is 2.69. The number of anilines is 1. The maximum absolute atomic E-state index is 13.5. The molecule has 0 aliphatic rings. The van der Waals surface area contributed by atoms with E-state index in [1.54, 1.807) is 26.2 Å². The summed E-state index contributed by atoms with van der Waals surface area (Å²) in [6.07, 6.45) is 1.53. The van der Waals surface area contributed by atoms with Gasteiger partial charge in [-0.1, -0.05) is 0 Å². The average molecular weight is 288 g/mol. The van der Waals surface area contributed by atoms with Gasteiger partial charge in [0, 0.05) is 32.4 Å². The fraction of sp³-hybridized carbons (Fsp3) is 0.143. The molecule has 2 N–H and O–H groups in total. The van der Waals surface area contributed by atoms with E-state index in [4.69, 9.17) is 10.5 Å². The molecule has 1 aromatic carbocycles. The van der Waals surface area contributed by atoms with Gasteiger partial charge < -0.3 is 10.5 Å². The molecule has 7 heteroatoms. The maximum Gasteiger partial charge on any atom is 0.329 e. The second kappa shape index (κ2) is 4.62. The maximum atomic E-state index is 13.5. The van der Waals surface area contributed by atoms with Crippen LogP contribution in [0.3, 0.4) is 0 Å². The van der Waals surface area contributed by atoms with Crippen molar-refractivity contribution in [2.75, 3.05) is 5.73 Å². The number of nitrogens with two attached hydrogens (primary N) is 1. The normalized spacial score (nSPS) is 11.0. The molecule has 0 aliphatic carbocycles. The predicted molar refractivity (Wildman–Crippen MR) is 76.8 cm³/mol. The van der Waals surface area contributed by atoms with Crippen molar-refractivity contribution in [2.24, 2.45) is 14.1 Å². The highest BCUT2D eigenvalue weighted by Crippen LogP contribution is 2.29. The molecule has 0 unspecified atom stereocenters. The summed E-state index contributed by atoms with van der Waals surface area (Å²) < 4.78 is 22.0. The molecular weight excluding hydrogens is 275 g/mol. The highest BCUT2D eigenvalue weighted by molar-refractivity contribution is 5.79. The smallest absolute Gasteiger partial charge is 0.329 e. The Morgan fingerprint density at radius 2 is 2.00 bits per heavy atom. The summed E-state index contributed by atoms with van der Waals surface area (Å²) in [5.74, 6) is 0.162. The fourth-order valence-corrected chi connectivity index (χ4v) is 2.18. The predicted octanol–water partition coefficient (Wildman–Crippen LogP) is 1.79. The van der Waals surface area contributed by atoms with Crippen LogP contribution in [0.4, 0.5) is 10.1 Å². The SMILES string of the molecule is Cn1c(=O)n(C)c2c(Oc3ccc(N)c(F)c3)ccnc21. The van der Waals surface area contributed by atoms with Crippen molar-refractivity contribution in [1.29, 1.82) is 0 Å². The van der Waals surface area contributed by atoms with Crippen molar-refractivity contribution >= 4 is 16.9 Å². The molecular formula is C14H13FN4O2. The van der Waals surface area contributed by atoms with Crippen LogP contribution in [0.1, 0.15) is 0 Å². The number of rotatable bonds is 2. The molecule has 0 saturated heterocycles. The van der Waals surface area contributed by atoms with Crippen LogP contribution in [0, 0.1) is 5.82 Å². The van der Waals surface area contributed by atoms with Gasteiger partial charge in [-0.3, -0.25) is 9.13 Å². The van der Waals surface area contributed by atoms with Crippen molar-refractivity contribution in [3.05, 3.63) is 46.8 Å². The number of nitrogens with zero attached hydrogens (tertiary/aromatic N) is 3. The molecule has 108 valence electrons. The van der Waals surface area contributed by atoms with E-state index in [1.807, 2.05) is 0 Å². The van der Waals surface area contributed by atoms with Gasteiger partial charge in [0.05, 0.1) is 5.69 Å². The Morgan fingerprint density at radius 3 is 2.71 bits per heavy atom. The lowest BCUT2D eigenvalue weighted by Gasteiger charge is -2.08. The number of imidazole rings is 1. The van der Waals surface area contributed by atoms with Crippen LogP contribution in [-0.4, -0.2) is 14.1 Å². The quantitative estimate of drug-likeness (QED) is 0.729. The molecule has 21 heavy (non-hydrogen) atoms. The molecule has 0 aliphatic heterocycles. The van der Waals surface area contributed by atoms with E-state index in [-0.39, 0.29) is 11.4 Å². The number of aromatic nitrogens is 3. The first-order valence-electron chi connectivity index (χ1n) is 6.22. The molecule has 3 rings (SSSR count). The molecule has 0 saturated carbocycles. The molecule has 0 amide bonds. The molecule has 2 heterocycles. The van der Waals surface area contributed by atoms with E-state index in [2.05, 4.69) is 4.98 Å². The number of nitrogen functional groups attached to an aromatic ring is 1. The van der Waals surface area contributed by atoms with Crippen molar-refractivity contribution < 1.29 is 9.13 Å². The lowest BCUT2D eigenvalue weighted by molar-refractivity contribution is 0.479. The Morgan fingerprint density at radius 1 is 1.24 bits per heavy atom. The van der Waals surface area contributed by atoms with Gasteiger partial charge in [-0.05, 0) is 12.1 Å². The van der Waals surface area contributed by atoms with E-state index in [0.29, 0.717) is 22.7 Å². The highest BCUT2D eigenvalue weighted by Gasteiger charge is 2.14. The van der Waals surface area contributed by atoms with Gasteiger partial charge >= 0.3 is 5.69 Å². The Labute approximate surface area is 119 Å². The second-order valence-corrected chi connectivity index (χ2v) is 4.67. The van der Waals surface area contributed by atoms with Gasteiger partial charge in [0.15, 0.2) is 11.4 Å². The van der Waals surface area contributed by atoms with E-state index >= 15 is 0 Å². The highest BCUT2D eigenvalue weighted by atomic mass is 19.1. The molecule has 6 nitrogen and oxygen atoms in total. The molecule has 0 fully saturated rings. The number of pyridine rings is 1. The fourth-order valence-electron chi connectivity index (χ4n) is 2.18. The Kier molecular flexibility index (Phi) is 2.90. The molecule has 0 spiro atoms. The first kappa shape index (κ1) is 13.2. The van der Waals surface area contributed by atoms with Crippen molar-refractivity contribution in [3.8, 4) is 11.5 Å². The number of ether oxygens (including phenoxy) is 1. The van der Waals surface area contributed by atoms with E-state index < -0.39 is 5.82 Å². The van der Waals surface area contributed by atoms with Crippen LogP contribution >= 0.6 is 0 Å². The summed E-state index contributed by atoms with van der Waals surface area (Å²) >= 11 is 0. The van der Waals surface area contributed by atoms with Crippen molar-refractivity contribution in [3.63, 3.8) is 0 Å². The Bertz CT molecular complexity index is 898. The molecule has 0 atom stereocenters. The summed E-state index contributed by atoms with van der Waals surface area (Å²) in [6.45, 7) is 0.